The van der Waals surface area contributed by atoms with E-state index in [0.29, 0.717) is 6.04 Å². The van der Waals surface area contributed by atoms with Gasteiger partial charge in [-0.05, 0) is 24.6 Å². The first-order chi connectivity index (χ1) is 9.24. The van der Waals surface area contributed by atoms with Crippen LogP contribution in [0.4, 0.5) is 0 Å². The van der Waals surface area contributed by atoms with Crippen molar-refractivity contribution in [1.29, 1.82) is 0 Å². The molecule has 2 aliphatic rings. The van der Waals surface area contributed by atoms with Crippen molar-refractivity contribution in [3.05, 3.63) is 34.9 Å². The van der Waals surface area contributed by atoms with Crippen molar-refractivity contribution in [2.45, 2.75) is 19.0 Å². The minimum Gasteiger partial charge on any atom is -0.314 e. The molecule has 3 nitrogen and oxygen atoms in total. The fraction of sp³-hybridized carbons (Fsp3) is 0.600. The number of benzene rings is 1. The van der Waals surface area contributed by atoms with Crippen LogP contribution in [0.15, 0.2) is 24.3 Å². The van der Waals surface area contributed by atoms with Crippen molar-refractivity contribution in [1.82, 2.24) is 15.1 Å². The number of rotatable bonds is 3. The lowest BCUT2D eigenvalue weighted by Gasteiger charge is -2.44. The molecule has 4 heteroatoms. The van der Waals surface area contributed by atoms with Gasteiger partial charge in [0, 0.05) is 56.4 Å². The third kappa shape index (κ3) is 2.95. The second-order valence-electron chi connectivity index (χ2n) is 5.61. The van der Waals surface area contributed by atoms with Gasteiger partial charge in [-0.1, -0.05) is 23.7 Å². The van der Waals surface area contributed by atoms with E-state index in [1.54, 1.807) is 0 Å². The van der Waals surface area contributed by atoms with Gasteiger partial charge in [-0.2, -0.15) is 0 Å². The van der Waals surface area contributed by atoms with Crippen molar-refractivity contribution in [2.75, 3.05) is 39.3 Å². The average Bonchev–Trinajstić information content (AvgIpc) is 2.38. The number of piperazine rings is 1. The molecule has 19 heavy (non-hydrogen) atoms. The number of hydrogen-bond donors (Lipinski definition) is 1. The standard InChI is InChI=1S/C15H22ClN3/c1-12(13-2-4-14(16)5-3-13)18-6-8-19(9-7-18)15-10-17-11-15/h2-5,12,15,17H,6-11H2,1H3. The Morgan fingerprint density at radius 2 is 1.74 bits per heavy atom. The first-order valence-electron chi connectivity index (χ1n) is 7.18. The maximum atomic E-state index is 5.95. The Balaban J connectivity index is 1.56. The van der Waals surface area contributed by atoms with Gasteiger partial charge in [0.2, 0.25) is 0 Å². The fourth-order valence-corrected chi connectivity index (χ4v) is 3.10. The van der Waals surface area contributed by atoms with E-state index in [0.717, 1.165) is 11.1 Å². The molecule has 2 heterocycles. The predicted molar refractivity (Wildman–Crippen MR) is 79.7 cm³/mol. The van der Waals surface area contributed by atoms with E-state index in [1.165, 1.54) is 44.8 Å². The molecule has 1 unspecified atom stereocenters. The molecule has 0 aliphatic carbocycles. The molecule has 1 aromatic rings. The van der Waals surface area contributed by atoms with Gasteiger partial charge in [0.1, 0.15) is 0 Å². The molecule has 1 atom stereocenters. The van der Waals surface area contributed by atoms with E-state index < -0.39 is 0 Å². The molecule has 0 amide bonds. The largest absolute Gasteiger partial charge is 0.314 e. The number of nitrogens with one attached hydrogen (secondary N) is 1. The number of halogens is 1. The summed E-state index contributed by atoms with van der Waals surface area (Å²) in [4.78, 5) is 5.20. The van der Waals surface area contributed by atoms with Crippen LogP contribution in [-0.2, 0) is 0 Å². The Labute approximate surface area is 120 Å². The lowest BCUT2D eigenvalue weighted by atomic mass is 10.0. The lowest BCUT2D eigenvalue weighted by Crippen LogP contribution is -2.61. The van der Waals surface area contributed by atoms with Crippen LogP contribution in [0.1, 0.15) is 18.5 Å². The first-order valence-corrected chi connectivity index (χ1v) is 7.56. The molecule has 1 aromatic carbocycles. The van der Waals surface area contributed by atoms with Gasteiger partial charge in [-0.15, -0.1) is 0 Å². The van der Waals surface area contributed by atoms with Gasteiger partial charge >= 0.3 is 0 Å². The summed E-state index contributed by atoms with van der Waals surface area (Å²) < 4.78 is 0. The summed E-state index contributed by atoms with van der Waals surface area (Å²) in [6.45, 7) is 9.37. The zero-order valence-corrected chi connectivity index (χ0v) is 12.2. The van der Waals surface area contributed by atoms with E-state index in [1.807, 2.05) is 12.1 Å². The maximum Gasteiger partial charge on any atom is 0.0406 e. The third-order valence-electron chi connectivity index (χ3n) is 4.53. The van der Waals surface area contributed by atoms with E-state index >= 15 is 0 Å². The highest BCUT2D eigenvalue weighted by atomic mass is 35.5. The molecule has 0 bridgehead atoms. The maximum absolute atomic E-state index is 5.95. The van der Waals surface area contributed by atoms with Crippen LogP contribution in [0.5, 0.6) is 0 Å². The summed E-state index contributed by atoms with van der Waals surface area (Å²) >= 11 is 5.95. The first kappa shape index (κ1) is 13.4. The Morgan fingerprint density at radius 3 is 2.26 bits per heavy atom. The Morgan fingerprint density at radius 1 is 1.11 bits per heavy atom. The van der Waals surface area contributed by atoms with Gasteiger partial charge in [0.25, 0.3) is 0 Å². The summed E-state index contributed by atoms with van der Waals surface area (Å²) in [6, 6.07) is 9.55. The quantitative estimate of drug-likeness (QED) is 0.913. The van der Waals surface area contributed by atoms with Gasteiger partial charge in [0.15, 0.2) is 0 Å². The number of hydrogen-bond acceptors (Lipinski definition) is 3. The highest BCUT2D eigenvalue weighted by molar-refractivity contribution is 6.30. The zero-order valence-electron chi connectivity index (χ0n) is 11.5. The highest BCUT2D eigenvalue weighted by Gasteiger charge is 2.29. The van der Waals surface area contributed by atoms with Crippen LogP contribution in [-0.4, -0.2) is 55.1 Å². The van der Waals surface area contributed by atoms with Crippen molar-refractivity contribution in [3.8, 4) is 0 Å². The zero-order chi connectivity index (χ0) is 13.2. The SMILES string of the molecule is CC(c1ccc(Cl)cc1)N1CCN(C2CNC2)CC1. The fourth-order valence-electron chi connectivity index (χ4n) is 2.97. The van der Waals surface area contributed by atoms with Crippen molar-refractivity contribution < 1.29 is 0 Å². The van der Waals surface area contributed by atoms with E-state index in [4.69, 9.17) is 11.6 Å². The van der Waals surface area contributed by atoms with Gasteiger partial charge in [-0.25, -0.2) is 0 Å². The molecule has 0 saturated carbocycles. The molecular formula is C15H22ClN3. The minimum atomic E-state index is 0.485. The normalized spacial score (nSPS) is 24.1. The molecule has 2 saturated heterocycles. The lowest BCUT2D eigenvalue weighted by molar-refractivity contribution is 0.0552. The molecule has 0 radical (unpaired) electrons. The van der Waals surface area contributed by atoms with Crippen LogP contribution < -0.4 is 5.32 Å². The molecule has 2 aliphatic heterocycles. The second kappa shape index (κ2) is 5.80. The Hall–Kier alpha value is -0.610. The molecule has 104 valence electrons. The third-order valence-corrected chi connectivity index (χ3v) is 4.78. The molecule has 1 N–H and O–H groups in total. The monoisotopic (exact) mass is 279 g/mol. The van der Waals surface area contributed by atoms with Gasteiger partial charge in [-0.3, -0.25) is 9.80 Å². The summed E-state index contributed by atoms with van der Waals surface area (Å²) in [5.41, 5.74) is 1.36. The minimum absolute atomic E-state index is 0.485. The van der Waals surface area contributed by atoms with Gasteiger partial charge < -0.3 is 5.32 Å². The molecule has 2 fully saturated rings. The summed E-state index contributed by atoms with van der Waals surface area (Å²) in [7, 11) is 0. The summed E-state index contributed by atoms with van der Waals surface area (Å²) in [5, 5.41) is 4.17. The second-order valence-corrected chi connectivity index (χ2v) is 6.05. The van der Waals surface area contributed by atoms with E-state index in [9.17, 15) is 0 Å². The molecular weight excluding hydrogens is 258 g/mol. The van der Waals surface area contributed by atoms with Crippen LogP contribution in [0.3, 0.4) is 0 Å². The van der Waals surface area contributed by atoms with Crippen LogP contribution >= 0.6 is 11.6 Å². The van der Waals surface area contributed by atoms with E-state index in [2.05, 4.69) is 34.2 Å². The number of nitrogens with zero attached hydrogens (tertiary/aromatic N) is 2. The van der Waals surface area contributed by atoms with Crippen molar-refractivity contribution in [3.63, 3.8) is 0 Å². The van der Waals surface area contributed by atoms with E-state index in [-0.39, 0.29) is 0 Å². The molecule has 0 aromatic heterocycles. The predicted octanol–water partition coefficient (Wildman–Crippen LogP) is 1.99. The van der Waals surface area contributed by atoms with Crippen LogP contribution in [0, 0.1) is 0 Å². The Bertz CT molecular complexity index is 408. The van der Waals surface area contributed by atoms with Crippen LogP contribution in [0.25, 0.3) is 0 Å². The van der Waals surface area contributed by atoms with Crippen molar-refractivity contribution >= 4 is 11.6 Å². The average molecular weight is 280 g/mol. The smallest absolute Gasteiger partial charge is 0.0406 e. The summed E-state index contributed by atoms with van der Waals surface area (Å²) in [6.07, 6.45) is 0. The molecule has 3 rings (SSSR count). The Kier molecular flexibility index (Phi) is 4.08. The molecule has 0 spiro atoms. The van der Waals surface area contributed by atoms with Crippen LogP contribution in [0.2, 0.25) is 5.02 Å². The van der Waals surface area contributed by atoms with Crippen molar-refractivity contribution in [2.24, 2.45) is 0 Å². The highest BCUT2D eigenvalue weighted by Crippen LogP contribution is 2.23. The van der Waals surface area contributed by atoms with Gasteiger partial charge in [0.05, 0.1) is 0 Å². The summed E-state index contributed by atoms with van der Waals surface area (Å²) in [5.74, 6) is 0. The topological polar surface area (TPSA) is 18.5 Å².